The lowest BCUT2D eigenvalue weighted by molar-refractivity contribution is -0.142. The molecule has 0 aliphatic carbocycles. The number of carbonyl (C=O) groups excluding carboxylic acids is 1. The van der Waals surface area contributed by atoms with Gasteiger partial charge in [-0.3, -0.25) is 9.69 Å². The smallest absolute Gasteiger partial charge is 0.223 e. The normalized spacial score (nSPS) is 23.9. The van der Waals surface area contributed by atoms with E-state index in [1.165, 1.54) is 9.75 Å². The van der Waals surface area contributed by atoms with Gasteiger partial charge in [-0.25, -0.2) is 0 Å². The summed E-state index contributed by atoms with van der Waals surface area (Å²) in [4.78, 5) is 20.1. The minimum atomic E-state index is 0.286. The number of amides is 1. The third-order valence-electron chi connectivity index (χ3n) is 5.70. The molecule has 2 aromatic rings. The molecule has 3 nitrogen and oxygen atoms in total. The van der Waals surface area contributed by atoms with E-state index in [0.717, 1.165) is 43.1 Å². The summed E-state index contributed by atoms with van der Waals surface area (Å²) in [5.41, 5.74) is 1.06. The van der Waals surface area contributed by atoms with Crippen molar-refractivity contribution in [3.05, 3.63) is 56.7 Å². The van der Waals surface area contributed by atoms with Crippen molar-refractivity contribution in [3.8, 4) is 0 Å². The summed E-state index contributed by atoms with van der Waals surface area (Å²) in [6, 6.07) is 12.7. The second kappa shape index (κ2) is 7.71. The van der Waals surface area contributed by atoms with Gasteiger partial charge < -0.3 is 4.90 Å². The molecule has 1 amide bonds. The van der Waals surface area contributed by atoms with Crippen molar-refractivity contribution in [2.75, 3.05) is 13.1 Å². The highest BCUT2D eigenvalue weighted by Crippen LogP contribution is 2.34. The minimum absolute atomic E-state index is 0.286. The molecule has 5 heteroatoms. The van der Waals surface area contributed by atoms with Gasteiger partial charge in [-0.15, -0.1) is 11.3 Å². The SMILES string of the molecule is Cc1ccc(CN2CC[C@H]3[C@H](CCC(=O)N3Cc3ccccc3Cl)C2)s1. The Morgan fingerprint density at radius 2 is 2.00 bits per heavy atom. The summed E-state index contributed by atoms with van der Waals surface area (Å²) in [5, 5.41) is 0.757. The van der Waals surface area contributed by atoms with Crippen molar-refractivity contribution >= 4 is 28.8 Å². The van der Waals surface area contributed by atoms with Crippen LogP contribution in [0.15, 0.2) is 36.4 Å². The van der Waals surface area contributed by atoms with Gasteiger partial charge in [-0.2, -0.15) is 0 Å². The summed E-state index contributed by atoms with van der Waals surface area (Å²) in [6.45, 7) is 6.00. The van der Waals surface area contributed by atoms with Crippen LogP contribution in [0.2, 0.25) is 5.02 Å². The van der Waals surface area contributed by atoms with Crippen molar-refractivity contribution in [2.24, 2.45) is 5.92 Å². The first-order valence-corrected chi connectivity index (χ1v) is 10.6. The molecule has 4 rings (SSSR count). The monoisotopic (exact) mass is 388 g/mol. The number of halogens is 1. The number of benzene rings is 1. The Morgan fingerprint density at radius 3 is 2.77 bits per heavy atom. The second-order valence-corrected chi connectivity index (χ2v) is 9.29. The standard InChI is InChI=1S/C21H25ClN2OS/c1-15-6-8-18(26-15)14-23-11-10-20-17(12-23)7-9-21(25)24(20)13-16-4-2-3-5-19(16)22/h2-6,8,17,20H,7,9-14H2,1H3/t17-,20+/m1/s1. The van der Waals surface area contributed by atoms with Crippen LogP contribution in [0.4, 0.5) is 0 Å². The Bertz CT molecular complexity index is 790. The molecule has 0 unspecified atom stereocenters. The molecule has 26 heavy (non-hydrogen) atoms. The number of aryl methyl sites for hydroxylation is 1. The summed E-state index contributed by atoms with van der Waals surface area (Å²) in [5.74, 6) is 0.860. The Morgan fingerprint density at radius 1 is 1.15 bits per heavy atom. The number of likely N-dealkylation sites (tertiary alicyclic amines) is 2. The third kappa shape index (κ3) is 3.83. The molecule has 0 saturated carbocycles. The zero-order chi connectivity index (χ0) is 18.1. The number of fused-ring (bicyclic) bond motifs is 1. The van der Waals surface area contributed by atoms with Crippen LogP contribution in [0.3, 0.4) is 0 Å². The van der Waals surface area contributed by atoms with Gasteiger partial charge >= 0.3 is 0 Å². The lowest BCUT2D eigenvalue weighted by Crippen LogP contribution is -2.55. The maximum absolute atomic E-state index is 12.6. The molecule has 2 aliphatic rings. The van der Waals surface area contributed by atoms with Gasteiger partial charge in [0.2, 0.25) is 5.91 Å². The molecule has 0 N–H and O–H groups in total. The Balaban J connectivity index is 1.44. The van der Waals surface area contributed by atoms with E-state index < -0.39 is 0 Å². The average molecular weight is 389 g/mol. The first kappa shape index (κ1) is 18.0. The van der Waals surface area contributed by atoms with Crippen LogP contribution in [0, 0.1) is 12.8 Å². The van der Waals surface area contributed by atoms with Crippen molar-refractivity contribution in [1.82, 2.24) is 9.80 Å². The number of rotatable bonds is 4. The zero-order valence-corrected chi connectivity index (χ0v) is 16.7. The molecule has 2 aliphatic heterocycles. The predicted molar refractivity (Wildman–Crippen MR) is 107 cm³/mol. The molecule has 1 aromatic carbocycles. The van der Waals surface area contributed by atoms with Gasteiger partial charge in [0.1, 0.15) is 0 Å². The number of hydrogen-bond donors (Lipinski definition) is 0. The predicted octanol–water partition coefficient (Wildman–Crippen LogP) is 4.72. The summed E-state index contributed by atoms with van der Waals surface area (Å²) in [7, 11) is 0. The van der Waals surface area contributed by atoms with Crippen LogP contribution >= 0.6 is 22.9 Å². The first-order valence-electron chi connectivity index (χ1n) is 9.40. The molecule has 0 bridgehead atoms. The lowest BCUT2D eigenvalue weighted by Gasteiger charge is -2.47. The van der Waals surface area contributed by atoms with E-state index >= 15 is 0 Å². The molecule has 0 spiro atoms. The van der Waals surface area contributed by atoms with E-state index in [-0.39, 0.29) is 5.91 Å². The minimum Gasteiger partial charge on any atom is -0.335 e. The third-order valence-corrected chi connectivity index (χ3v) is 7.06. The fourth-order valence-corrected chi connectivity index (χ4v) is 5.50. The fourth-order valence-electron chi connectivity index (χ4n) is 4.38. The number of thiophene rings is 1. The molecule has 138 valence electrons. The van der Waals surface area contributed by atoms with Crippen LogP contribution in [-0.2, 0) is 17.9 Å². The Hall–Kier alpha value is -1.36. The molecule has 2 atom stereocenters. The molecule has 3 heterocycles. The maximum Gasteiger partial charge on any atom is 0.223 e. The highest BCUT2D eigenvalue weighted by molar-refractivity contribution is 7.11. The highest BCUT2D eigenvalue weighted by Gasteiger charge is 2.39. The first-order chi connectivity index (χ1) is 12.6. The second-order valence-electron chi connectivity index (χ2n) is 7.52. The van der Waals surface area contributed by atoms with Crippen LogP contribution in [0.5, 0.6) is 0 Å². The van der Waals surface area contributed by atoms with Crippen molar-refractivity contribution in [3.63, 3.8) is 0 Å². The number of piperidine rings is 2. The van der Waals surface area contributed by atoms with Crippen molar-refractivity contribution < 1.29 is 4.79 Å². The molecule has 0 radical (unpaired) electrons. The van der Waals surface area contributed by atoms with Gasteiger partial charge in [0.25, 0.3) is 0 Å². The highest BCUT2D eigenvalue weighted by atomic mass is 35.5. The zero-order valence-electron chi connectivity index (χ0n) is 15.2. The summed E-state index contributed by atoms with van der Waals surface area (Å²) in [6.07, 6.45) is 2.74. The quantitative estimate of drug-likeness (QED) is 0.756. The average Bonchev–Trinajstić information content (AvgIpc) is 3.04. The van der Waals surface area contributed by atoms with Gasteiger partial charge in [0.05, 0.1) is 0 Å². The number of nitrogens with zero attached hydrogens (tertiary/aromatic N) is 2. The van der Waals surface area contributed by atoms with Crippen molar-refractivity contribution in [1.29, 1.82) is 0 Å². The van der Waals surface area contributed by atoms with Crippen LogP contribution in [-0.4, -0.2) is 34.8 Å². The van der Waals surface area contributed by atoms with Crippen molar-refractivity contribution in [2.45, 2.75) is 45.3 Å². The van der Waals surface area contributed by atoms with E-state index in [4.69, 9.17) is 11.6 Å². The summed E-state index contributed by atoms with van der Waals surface area (Å²) < 4.78 is 0. The van der Waals surface area contributed by atoms with Gasteiger partial charge in [0, 0.05) is 53.4 Å². The maximum atomic E-state index is 12.6. The Kier molecular flexibility index (Phi) is 5.35. The topological polar surface area (TPSA) is 23.6 Å². The Labute approximate surface area is 164 Å². The van der Waals surface area contributed by atoms with Gasteiger partial charge in [-0.1, -0.05) is 29.8 Å². The van der Waals surface area contributed by atoms with E-state index in [1.807, 2.05) is 35.6 Å². The molecule has 2 saturated heterocycles. The fraction of sp³-hybridized carbons (Fsp3) is 0.476. The van der Waals surface area contributed by atoms with E-state index in [2.05, 4.69) is 28.9 Å². The van der Waals surface area contributed by atoms with Crippen LogP contribution in [0.25, 0.3) is 0 Å². The van der Waals surface area contributed by atoms with Crippen LogP contribution in [0.1, 0.15) is 34.6 Å². The number of carbonyl (C=O) groups is 1. The molecule has 2 fully saturated rings. The van der Waals surface area contributed by atoms with E-state index in [1.54, 1.807) is 0 Å². The van der Waals surface area contributed by atoms with E-state index in [0.29, 0.717) is 24.9 Å². The van der Waals surface area contributed by atoms with Gasteiger partial charge in [-0.05, 0) is 49.4 Å². The van der Waals surface area contributed by atoms with Crippen LogP contribution < -0.4 is 0 Å². The summed E-state index contributed by atoms with van der Waals surface area (Å²) >= 11 is 8.23. The molecule has 1 aromatic heterocycles. The lowest BCUT2D eigenvalue weighted by atomic mass is 9.83. The molecular weight excluding hydrogens is 364 g/mol. The van der Waals surface area contributed by atoms with E-state index in [9.17, 15) is 4.79 Å². The largest absolute Gasteiger partial charge is 0.335 e. The van der Waals surface area contributed by atoms with Gasteiger partial charge in [0.15, 0.2) is 0 Å². The molecular formula is C21H25ClN2OS. The number of hydrogen-bond acceptors (Lipinski definition) is 3.